The first-order chi connectivity index (χ1) is 40.7. The van der Waals surface area contributed by atoms with Crippen LogP contribution in [0.4, 0.5) is 91.0 Å². The molecule has 0 amide bonds. The van der Waals surface area contributed by atoms with Gasteiger partial charge in [-0.25, -0.2) is 0 Å². The van der Waals surface area contributed by atoms with Gasteiger partial charge >= 0.3 is 0 Å². The summed E-state index contributed by atoms with van der Waals surface area (Å²) in [5.41, 5.74) is 23.9. The highest BCUT2D eigenvalue weighted by Crippen LogP contribution is 2.51. The molecule has 0 saturated carbocycles. The summed E-state index contributed by atoms with van der Waals surface area (Å²) in [6.07, 6.45) is 0. The summed E-state index contributed by atoms with van der Waals surface area (Å²) < 4.78 is 38.7. The quantitative estimate of drug-likeness (QED) is 0.117. The molecule has 0 N–H and O–H groups in total. The summed E-state index contributed by atoms with van der Waals surface area (Å²) in [5.74, 6) is 2.88. The zero-order valence-corrected chi connectivity index (χ0v) is 48.8. The lowest BCUT2D eigenvalue weighted by atomic mass is 10.1. The van der Waals surface area contributed by atoms with Crippen molar-refractivity contribution in [2.75, 3.05) is 118 Å². The van der Waals surface area contributed by atoms with Crippen molar-refractivity contribution in [3.8, 4) is 23.0 Å². The minimum absolute atomic E-state index is 0.199. The van der Waals surface area contributed by atoms with E-state index in [-0.39, 0.29) is 6.67 Å². The van der Waals surface area contributed by atoms with Gasteiger partial charge in [-0.05, 0) is 184 Å². The van der Waals surface area contributed by atoms with Crippen molar-refractivity contribution in [3.63, 3.8) is 0 Å². The monoisotopic (exact) mass is 1090 g/mol. The molecule has 12 heteroatoms. The van der Waals surface area contributed by atoms with Crippen LogP contribution in [-0.2, 0) is 0 Å². The number of fused-ring (bicyclic) bond motifs is 4. The van der Waals surface area contributed by atoms with Crippen molar-refractivity contribution in [3.05, 3.63) is 203 Å². The minimum atomic E-state index is -2.30. The molecule has 0 unspecified atom stereocenters. The molecule has 12 nitrogen and oxygen atoms in total. The van der Waals surface area contributed by atoms with E-state index in [1.807, 2.05) is 57.4 Å². The normalized spacial score (nSPS) is 14.9. The Morgan fingerprint density at radius 3 is 1.09 bits per heavy atom. The summed E-state index contributed by atoms with van der Waals surface area (Å²) in [7, 11) is 10.4. The third-order valence-corrected chi connectivity index (χ3v) is 16.9. The minimum Gasteiger partial charge on any atom is -0.457 e. The molecular weight excluding hydrogens is 1010 g/mol. The standard InChI is InChI=1S/C70H72N10O2/c1-45-27-65-67(29-47(45)3)75(41-73(65)11)53-17-15-19-59(35-53)81-61-37-55(71(7)8)33-57(39-61)79-43-77(63-21-13-14-22-64(63)79)51-23-25-52(26-24-51)78-44-80(70-32-50(6)49(5)31-69(70)78)58-34-56(72(9)10)38-62(40-58)82-60-20-16-18-54(36-60)76-42-74(12)66-28-46(2)48(4)30-68(66)76/h13-40H,41-44H2,1-12H3/i11D3. The molecule has 13 rings (SSSR count). The molecule has 0 spiro atoms. The number of hydrogen-bond acceptors (Lipinski definition) is 12. The first-order valence-electron chi connectivity index (χ1n) is 29.6. The molecule has 0 saturated heterocycles. The molecule has 414 valence electrons. The molecule has 0 aromatic heterocycles. The molecule has 0 atom stereocenters. The van der Waals surface area contributed by atoms with Gasteiger partial charge in [0.25, 0.3) is 0 Å². The lowest BCUT2D eigenvalue weighted by Crippen LogP contribution is -2.25. The van der Waals surface area contributed by atoms with Gasteiger partial charge in [0.1, 0.15) is 36.3 Å². The fourth-order valence-electron chi connectivity index (χ4n) is 11.8. The van der Waals surface area contributed by atoms with E-state index in [9.17, 15) is 0 Å². The molecule has 0 aliphatic carbocycles. The highest BCUT2D eigenvalue weighted by Gasteiger charge is 2.33. The highest BCUT2D eigenvalue weighted by molar-refractivity contribution is 5.92. The zero-order chi connectivity index (χ0) is 59.3. The molecule has 9 aromatic carbocycles. The van der Waals surface area contributed by atoms with Crippen LogP contribution in [0.1, 0.15) is 37.5 Å². The van der Waals surface area contributed by atoms with Crippen molar-refractivity contribution in [2.24, 2.45) is 0 Å². The molecule has 0 bridgehead atoms. The molecule has 0 radical (unpaired) electrons. The van der Waals surface area contributed by atoms with Gasteiger partial charge in [-0.1, -0.05) is 24.3 Å². The number of para-hydroxylation sites is 2. The second-order valence-corrected chi connectivity index (χ2v) is 22.9. The van der Waals surface area contributed by atoms with Crippen molar-refractivity contribution < 1.29 is 13.6 Å². The van der Waals surface area contributed by atoms with Crippen LogP contribution in [0.5, 0.6) is 23.0 Å². The van der Waals surface area contributed by atoms with E-state index in [4.69, 9.17) is 13.6 Å². The molecule has 0 fully saturated rings. The van der Waals surface area contributed by atoms with Gasteiger partial charge in [-0.3, -0.25) is 0 Å². The van der Waals surface area contributed by atoms with Crippen LogP contribution in [0.15, 0.2) is 170 Å². The van der Waals surface area contributed by atoms with E-state index in [0.717, 1.165) is 103 Å². The topological polar surface area (TPSA) is 50.9 Å². The Bertz CT molecular complexity index is 4090. The predicted molar refractivity (Wildman–Crippen MR) is 344 cm³/mol. The zero-order valence-electron chi connectivity index (χ0n) is 51.8. The van der Waals surface area contributed by atoms with E-state index in [1.165, 1.54) is 38.5 Å². The Morgan fingerprint density at radius 2 is 0.659 bits per heavy atom. The number of nitrogens with zero attached hydrogens (tertiary/aromatic N) is 10. The van der Waals surface area contributed by atoms with Crippen LogP contribution in [0.2, 0.25) is 0 Å². The summed E-state index contributed by atoms with van der Waals surface area (Å²) in [6, 6.07) is 60.1. The average Bonchev–Trinajstić information content (AvgIpc) is 2.08. The van der Waals surface area contributed by atoms with Gasteiger partial charge in [0.15, 0.2) is 0 Å². The third kappa shape index (κ3) is 9.31. The Morgan fingerprint density at radius 1 is 0.317 bits per heavy atom. The van der Waals surface area contributed by atoms with Gasteiger partial charge in [-0.15, -0.1) is 0 Å². The van der Waals surface area contributed by atoms with Crippen molar-refractivity contribution in [2.45, 2.75) is 41.5 Å². The first kappa shape index (κ1) is 48.5. The Labute approximate surface area is 488 Å². The molecule has 4 heterocycles. The smallest absolute Gasteiger partial charge is 0.131 e. The number of anilines is 16. The van der Waals surface area contributed by atoms with Crippen molar-refractivity contribution in [1.82, 2.24) is 0 Å². The lowest BCUT2D eigenvalue weighted by Gasteiger charge is -2.26. The average molecular weight is 1090 g/mol. The van der Waals surface area contributed by atoms with E-state index >= 15 is 0 Å². The predicted octanol–water partition coefficient (Wildman–Crippen LogP) is 16.8. The number of rotatable bonds is 12. The van der Waals surface area contributed by atoms with Crippen LogP contribution in [0, 0.1) is 41.5 Å². The molecule has 4 aliphatic heterocycles. The lowest BCUT2D eigenvalue weighted by molar-refractivity contribution is 0.482. The van der Waals surface area contributed by atoms with Gasteiger partial charge in [-0.2, -0.15) is 0 Å². The summed E-state index contributed by atoms with van der Waals surface area (Å²) in [6.45, 7) is 12.7. The van der Waals surface area contributed by atoms with Crippen LogP contribution >= 0.6 is 0 Å². The van der Waals surface area contributed by atoms with Gasteiger partial charge in [0.05, 0.1) is 58.8 Å². The third-order valence-electron chi connectivity index (χ3n) is 16.9. The molecule has 4 aliphatic rings. The maximum absolute atomic E-state index is 8.35. The SMILES string of the molecule is [2H]C([2H])([2H])N1CN(c2cccc(Oc3cc(N(C)C)cc(N4CN(c5ccc(N6CN(c7cc(Oc8cccc(N9CN(C)c%10cc(C)c(C)cc%109)c8)cc(N(C)C)c7)c7cc(C)c(C)cc76)cc5)c5ccccc54)c3)c2)c2cc(C)c(C)cc21. The summed E-state index contributed by atoms with van der Waals surface area (Å²) in [5, 5.41) is 0. The largest absolute Gasteiger partial charge is 0.457 e. The van der Waals surface area contributed by atoms with Crippen molar-refractivity contribution in [1.29, 1.82) is 0 Å². The van der Waals surface area contributed by atoms with E-state index in [0.29, 0.717) is 30.5 Å². The summed E-state index contributed by atoms with van der Waals surface area (Å²) >= 11 is 0. The van der Waals surface area contributed by atoms with Gasteiger partial charge in [0.2, 0.25) is 0 Å². The number of aryl methyl sites for hydroxylation is 6. The maximum Gasteiger partial charge on any atom is 0.131 e. The number of benzene rings is 9. The van der Waals surface area contributed by atoms with E-state index in [1.54, 1.807) is 0 Å². The van der Waals surface area contributed by atoms with Crippen LogP contribution in [-0.4, -0.2) is 68.9 Å². The highest BCUT2D eigenvalue weighted by atomic mass is 16.5. The van der Waals surface area contributed by atoms with Crippen LogP contribution in [0.25, 0.3) is 0 Å². The van der Waals surface area contributed by atoms with E-state index in [2.05, 4.69) is 233 Å². The Hall–Kier alpha value is -9.42. The van der Waals surface area contributed by atoms with E-state index < -0.39 is 6.98 Å². The fourth-order valence-corrected chi connectivity index (χ4v) is 11.8. The van der Waals surface area contributed by atoms with Crippen LogP contribution in [0.3, 0.4) is 0 Å². The van der Waals surface area contributed by atoms with Crippen LogP contribution < -0.4 is 58.5 Å². The first-order valence-corrected chi connectivity index (χ1v) is 28.1. The molecular formula is C70H72N10O2. The van der Waals surface area contributed by atoms with Crippen molar-refractivity contribution >= 4 is 91.0 Å². The second-order valence-electron chi connectivity index (χ2n) is 22.9. The Balaban J connectivity index is 0.764. The second kappa shape index (κ2) is 20.3. The van der Waals surface area contributed by atoms with Gasteiger partial charge < -0.3 is 58.5 Å². The molecule has 9 aromatic rings. The Kier molecular flexibility index (Phi) is 12.0. The molecule has 82 heavy (non-hydrogen) atoms. The maximum atomic E-state index is 8.35. The van der Waals surface area contributed by atoms with Gasteiger partial charge in [0, 0.05) is 128 Å². The summed E-state index contributed by atoms with van der Waals surface area (Å²) in [4.78, 5) is 22.0. The fraction of sp³-hybridized carbons (Fsp3) is 0.229. The number of hydrogen-bond donors (Lipinski definition) is 0. The number of ether oxygens (including phenoxy) is 2.